The van der Waals surface area contributed by atoms with Gasteiger partial charge in [-0.1, -0.05) is 34.8 Å². The lowest BCUT2D eigenvalue weighted by molar-refractivity contribution is -0.114. The van der Waals surface area contributed by atoms with Crippen LogP contribution in [0.25, 0.3) is 0 Å². The first kappa shape index (κ1) is 13.4. The van der Waals surface area contributed by atoms with Gasteiger partial charge < -0.3 is 4.79 Å². The van der Waals surface area contributed by atoms with Crippen molar-refractivity contribution in [3.05, 3.63) is 0 Å². The molecule has 10 heavy (non-hydrogen) atoms. The number of ketones is 1. The third-order valence-electron chi connectivity index (χ3n) is 0.152. The number of rotatable bonds is 0. The molecule has 0 aromatic rings. The van der Waals surface area contributed by atoms with Crippen molar-refractivity contribution in [2.75, 3.05) is 5.88 Å². The molecule has 0 amide bonds. The van der Waals surface area contributed by atoms with Crippen LogP contribution in [-0.2, 0) is 4.79 Å². The third kappa shape index (κ3) is 36.9. The summed E-state index contributed by atoms with van der Waals surface area (Å²) in [6, 6.07) is 0. The molecule has 0 aliphatic rings. The molecule has 0 spiro atoms. The topological polar surface area (TPSA) is 17.1 Å². The van der Waals surface area contributed by atoms with E-state index in [-0.39, 0.29) is 11.7 Å². The number of halogens is 4. The van der Waals surface area contributed by atoms with Crippen molar-refractivity contribution >= 4 is 52.2 Å². The zero-order chi connectivity index (χ0) is 8.78. The summed E-state index contributed by atoms with van der Waals surface area (Å²) in [5.74, 6) is 0.206. The second kappa shape index (κ2) is 6.53. The summed E-state index contributed by atoms with van der Waals surface area (Å²) in [5.41, 5.74) is 0. The van der Waals surface area contributed by atoms with Crippen LogP contribution in [-0.4, -0.2) is 15.5 Å². The van der Waals surface area contributed by atoms with Crippen molar-refractivity contribution in [2.24, 2.45) is 0 Å². The van der Waals surface area contributed by atoms with Gasteiger partial charge in [0.2, 0.25) is 3.79 Å². The molecular formula is C5H8Cl4O. The van der Waals surface area contributed by atoms with Crippen molar-refractivity contribution in [3.63, 3.8) is 0 Å². The van der Waals surface area contributed by atoms with Crippen LogP contribution in [0.1, 0.15) is 13.8 Å². The predicted octanol–water partition coefficient (Wildman–Crippen LogP) is 3.19. The highest BCUT2D eigenvalue weighted by Crippen LogP contribution is 2.26. The molecule has 0 bridgehead atoms. The van der Waals surface area contributed by atoms with Gasteiger partial charge in [-0.15, -0.1) is 11.6 Å². The number of carbonyl (C=O) groups excluding carboxylic acids is 1. The van der Waals surface area contributed by atoms with Crippen LogP contribution in [0, 0.1) is 0 Å². The Hall–Kier alpha value is 0.830. The van der Waals surface area contributed by atoms with Gasteiger partial charge in [-0.2, -0.15) is 0 Å². The molecule has 0 radical (unpaired) electrons. The Bertz CT molecular complexity index is 92.3. The fourth-order valence-electron chi connectivity index (χ4n) is 0. The second-order valence-corrected chi connectivity index (χ2v) is 4.44. The number of carbonyl (C=O) groups is 1. The SMILES string of the molecule is CC(C)=O.ClCC(Cl)(Cl)Cl. The lowest BCUT2D eigenvalue weighted by Gasteiger charge is -2.00. The van der Waals surface area contributed by atoms with Crippen LogP contribution in [0.3, 0.4) is 0 Å². The van der Waals surface area contributed by atoms with E-state index >= 15 is 0 Å². The standard InChI is InChI=1S/C3H6O.C2H2Cl4/c1-3(2)4;3-1-2(4,5)6/h1-2H3;1H2. The van der Waals surface area contributed by atoms with Gasteiger partial charge >= 0.3 is 0 Å². The molecule has 0 aliphatic carbocycles. The Morgan fingerprint density at radius 1 is 1.30 bits per heavy atom. The highest BCUT2D eigenvalue weighted by Gasteiger charge is 2.16. The lowest BCUT2D eigenvalue weighted by atomic mass is 10.6. The highest BCUT2D eigenvalue weighted by molar-refractivity contribution is 6.69. The summed E-state index contributed by atoms with van der Waals surface area (Å²) < 4.78 is -1.28. The minimum absolute atomic E-state index is 0.0394. The highest BCUT2D eigenvalue weighted by atomic mass is 35.6. The first-order valence-corrected chi connectivity index (χ1v) is 4.06. The summed E-state index contributed by atoms with van der Waals surface area (Å²) in [7, 11) is 0. The van der Waals surface area contributed by atoms with E-state index in [9.17, 15) is 4.79 Å². The van der Waals surface area contributed by atoms with E-state index in [1.165, 1.54) is 13.8 Å². The Morgan fingerprint density at radius 2 is 1.40 bits per heavy atom. The van der Waals surface area contributed by atoms with Crippen LogP contribution in [0.4, 0.5) is 0 Å². The van der Waals surface area contributed by atoms with Crippen LogP contribution in [0.15, 0.2) is 0 Å². The summed E-state index contributed by atoms with van der Waals surface area (Å²) in [4.78, 5) is 9.44. The number of hydrogen-bond acceptors (Lipinski definition) is 1. The van der Waals surface area contributed by atoms with E-state index in [0.717, 1.165) is 0 Å². The maximum atomic E-state index is 9.44. The van der Waals surface area contributed by atoms with Crippen LogP contribution in [0.2, 0.25) is 0 Å². The molecule has 5 heteroatoms. The van der Waals surface area contributed by atoms with E-state index in [2.05, 4.69) is 0 Å². The van der Waals surface area contributed by atoms with Gasteiger partial charge in [-0.25, -0.2) is 0 Å². The molecule has 0 saturated heterocycles. The van der Waals surface area contributed by atoms with E-state index in [4.69, 9.17) is 46.4 Å². The Labute approximate surface area is 80.6 Å². The molecule has 0 aromatic carbocycles. The Balaban J connectivity index is 0. The molecule has 0 rings (SSSR count). The smallest absolute Gasteiger partial charge is 0.203 e. The molecular weight excluding hydrogens is 218 g/mol. The normalized spacial score (nSPS) is 9.80. The Kier molecular flexibility index (Phi) is 8.77. The zero-order valence-corrected chi connectivity index (χ0v) is 8.65. The predicted molar refractivity (Wildman–Crippen MR) is 47.4 cm³/mol. The van der Waals surface area contributed by atoms with Gasteiger partial charge in [0.25, 0.3) is 0 Å². The first-order valence-electron chi connectivity index (χ1n) is 2.39. The van der Waals surface area contributed by atoms with Gasteiger partial charge in [-0.3, -0.25) is 0 Å². The van der Waals surface area contributed by atoms with Gasteiger partial charge in [0.05, 0.1) is 5.88 Å². The van der Waals surface area contributed by atoms with E-state index in [1.807, 2.05) is 0 Å². The van der Waals surface area contributed by atoms with Crippen LogP contribution in [0.5, 0.6) is 0 Å². The molecule has 0 unspecified atom stereocenters. The van der Waals surface area contributed by atoms with E-state index in [0.29, 0.717) is 0 Å². The van der Waals surface area contributed by atoms with Gasteiger partial charge in [0.15, 0.2) is 0 Å². The van der Waals surface area contributed by atoms with Gasteiger partial charge in [0, 0.05) is 0 Å². The maximum Gasteiger partial charge on any atom is 0.203 e. The van der Waals surface area contributed by atoms with E-state index < -0.39 is 3.79 Å². The number of hydrogen-bond donors (Lipinski definition) is 0. The van der Waals surface area contributed by atoms with Gasteiger partial charge in [-0.05, 0) is 13.8 Å². The monoisotopic (exact) mass is 224 g/mol. The fourth-order valence-corrected chi connectivity index (χ4v) is 0. The lowest BCUT2D eigenvalue weighted by Crippen LogP contribution is -2.01. The summed E-state index contributed by atoms with van der Waals surface area (Å²) in [6.07, 6.45) is 0. The second-order valence-electron chi connectivity index (χ2n) is 1.66. The number of alkyl halides is 4. The van der Waals surface area contributed by atoms with Crippen molar-refractivity contribution < 1.29 is 4.79 Å². The van der Waals surface area contributed by atoms with E-state index in [1.54, 1.807) is 0 Å². The van der Waals surface area contributed by atoms with Crippen LogP contribution >= 0.6 is 46.4 Å². The largest absolute Gasteiger partial charge is 0.300 e. The fraction of sp³-hybridized carbons (Fsp3) is 0.800. The summed E-state index contributed by atoms with van der Waals surface area (Å²) >= 11 is 20.4. The Morgan fingerprint density at radius 3 is 1.40 bits per heavy atom. The molecule has 0 N–H and O–H groups in total. The van der Waals surface area contributed by atoms with Crippen molar-refractivity contribution in [1.29, 1.82) is 0 Å². The van der Waals surface area contributed by atoms with Crippen LogP contribution < -0.4 is 0 Å². The van der Waals surface area contributed by atoms with Crippen molar-refractivity contribution in [1.82, 2.24) is 0 Å². The minimum Gasteiger partial charge on any atom is -0.300 e. The average Bonchev–Trinajstić information content (AvgIpc) is 1.63. The molecule has 0 saturated carbocycles. The zero-order valence-electron chi connectivity index (χ0n) is 5.63. The first-order chi connectivity index (χ1) is 4.29. The quantitative estimate of drug-likeness (QED) is 0.579. The van der Waals surface area contributed by atoms with Crippen molar-refractivity contribution in [3.8, 4) is 0 Å². The summed E-state index contributed by atoms with van der Waals surface area (Å²) in [6.45, 7) is 3.06. The minimum atomic E-state index is -1.28. The van der Waals surface area contributed by atoms with Gasteiger partial charge in [0.1, 0.15) is 5.78 Å². The molecule has 0 atom stereocenters. The molecule has 1 nitrogen and oxygen atoms in total. The molecule has 0 aliphatic heterocycles. The molecule has 62 valence electrons. The maximum absolute atomic E-state index is 9.44. The molecule has 0 fully saturated rings. The van der Waals surface area contributed by atoms with Crippen molar-refractivity contribution in [2.45, 2.75) is 17.6 Å². The molecule has 0 heterocycles. The average molecular weight is 226 g/mol. The third-order valence-corrected chi connectivity index (χ3v) is 1.36. The molecule has 0 aromatic heterocycles. The summed E-state index contributed by atoms with van der Waals surface area (Å²) in [5, 5.41) is 0. The number of Topliss-reactive ketones (excluding diaryl/α,β-unsaturated/α-hetero) is 1.